The van der Waals surface area contributed by atoms with Crippen LogP contribution >= 0.6 is 23.2 Å². The minimum atomic E-state index is -0.285. The molecular weight excluding hydrogens is 297 g/mol. The molecule has 0 saturated carbocycles. The molecule has 4 nitrogen and oxygen atoms in total. The van der Waals surface area contributed by atoms with Crippen molar-refractivity contribution in [3.8, 4) is 0 Å². The lowest BCUT2D eigenvalue weighted by Gasteiger charge is -2.13. The second-order valence-electron chi connectivity index (χ2n) is 4.44. The molecule has 0 unspecified atom stereocenters. The van der Waals surface area contributed by atoms with Crippen LogP contribution in [-0.4, -0.2) is 22.0 Å². The van der Waals surface area contributed by atoms with Gasteiger partial charge in [0.15, 0.2) is 0 Å². The van der Waals surface area contributed by atoms with Crippen molar-refractivity contribution in [2.24, 2.45) is 0 Å². The molecule has 1 atom stereocenters. The van der Waals surface area contributed by atoms with Gasteiger partial charge in [-0.05, 0) is 25.0 Å². The average Bonchev–Trinajstić information content (AvgIpc) is 2.96. The maximum atomic E-state index is 12.0. The first-order valence-electron chi connectivity index (χ1n) is 6.27. The third-order valence-corrected chi connectivity index (χ3v) is 3.93. The molecule has 1 amide bonds. The smallest absolute Gasteiger partial charge is 0.242 e. The lowest BCUT2D eigenvalue weighted by atomic mass is 10.1. The fourth-order valence-corrected chi connectivity index (χ4v) is 2.26. The van der Waals surface area contributed by atoms with Gasteiger partial charge in [-0.1, -0.05) is 35.3 Å². The molecule has 0 bridgehead atoms. The van der Waals surface area contributed by atoms with Crippen molar-refractivity contribution in [1.29, 1.82) is 0 Å². The number of rotatable bonds is 5. The maximum Gasteiger partial charge on any atom is 0.242 e. The molecule has 0 aliphatic carbocycles. The largest absolute Gasteiger partial charge is 0.354 e. The summed E-state index contributed by atoms with van der Waals surface area (Å²) in [4.78, 5) is 15.9. The second kappa shape index (κ2) is 6.77. The van der Waals surface area contributed by atoms with Crippen molar-refractivity contribution in [3.63, 3.8) is 0 Å². The van der Waals surface area contributed by atoms with Gasteiger partial charge in [0.25, 0.3) is 0 Å². The van der Waals surface area contributed by atoms with Crippen LogP contribution in [0.2, 0.25) is 10.0 Å². The summed E-state index contributed by atoms with van der Waals surface area (Å²) in [5, 5.41) is 3.95. The molecule has 0 fully saturated rings. The van der Waals surface area contributed by atoms with Crippen LogP contribution in [0.1, 0.15) is 18.5 Å². The maximum absolute atomic E-state index is 12.0. The number of hydrogen-bond acceptors (Lipinski definition) is 2. The Morgan fingerprint density at radius 3 is 2.95 bits per heavy atom. The normalized spacial score (nSPS) is 12.2. The number of halogens is 2. The van der Waals surface area contributed by atoms with Crippen molar-refractivity contribution in [3.05, 3.63) is 52.5 Å². The van der Waals surface area contributed by atoms with E-state index in [4.69, 9.17) is 23.2 Å². The Labute approximate surface area is 127 Å². The predicted molar refractivity (Wildman–Crippen MR) is 80.1 cm³/mol. The molecule has 0 saturated heterocycles. The van der Waals surface area contributed by atoms with Crippen LogP contribution < -0.4 is 5.32 Å². The molecule has 0 radical (unpaired) electrons. The van der Waals surface area contributed by atoms with Gasteiger partial charge in [0, 0.05) is 18.9 Å². The number of amides is 1. The summed E-state index contributed by atoms with van der Waals surface area (Å²) in [6, 6.07) is 5.21. The standard InChI is InChI=1S/C14H15Cl2N3O/c1-10(19-8-7-17-9-19)14(20)18-6-5-11-3-2-4-12(15)13(11)16/h2-4,7-10H,5-6H2,1H3,(H,18,20)/t10-/m0/s1. The number of nitrogens with zero attached hydrogens (tertiary/aromatic N) is 2. The first kappa shape index (κ1) is 14.9. The van der Waals surface area contributed by atoms with E-state index >= 15 is 0 Å². The van der Waals surface area contributed by atoms with Gasteiger partial charge < -0.3 is 9.88 Å². The van der Waals surface area contributed by atoms with E-state index in [0.29, 0.717) is 23.0 Å². The third kappa shape index (κ3) is 3.52. The van der Waals surface area contributed by atoms with E-state index in [1.54, 1.807) is 29.4 Å². The number of hydrogen-bond donors (Lipinski definition) is 1. The fourth-order valence-electron chi connectivity index (χ4n) is 1.84. The van der Waals surface area contributed by atoms with Gasteiger partial charge in [-0.2, -0.15) is 0 Å². The fraction of sp³-hybridized carbons (Fsp3) is 0.286. The summed E-state index contributed by atoms with van der Waals surface area (Å²) in [5.41, 5.74) is 0.926. The Morgan fingerprint density at radius 2 is 2.25 bits per heavy atom. The third-order valence-electron chi connectivity index (χ3n) is 3.08. The lowest BCUT2D eigenvalue weighted by molar-refractivity contribution is -0.123. The Bertz CT molecular complexity index is 584. The Hall–Kier alpha value is -1.52. The van der Waals surface area contributed by atoms with Crippen LogP contribution in [-0.2, 0) is 11.2 Å². The first-order chi connectivity index (χ1) is 9.59. The number of benzene rings is 1. The summed E-state index contributed by atoms with van der Waals surface area (Å²) < 4.78 is 1.75. The van der Waals surface area contributed by atoms with Crippen molar-refractivity contribution in [2.75, 3.05) is 6.54 Å². The quantitative estimate of drug-likeness (QED) is 0.922. The topological polar surface area (TPSA) is 46.9 Å². The monoisotopic (exact) mass is 311 g/mol. The number of nitrogens with one attached hydrogen (secondary N) is 1. The molecule has 2 rings (SSSR count). The van der Waals surface area contributed by atoms with Gasteiger partial charge in [0.2, 0.25) is 5.91 Å². The van der Waals surface area contributed by atoms with Gasteiger partial charge in [0.05, 0.1) is 16.4 Å². The zero-order chi connectivity index (χ0) is 14.5. The highest BCUT2D eigenvalue weighted by atomic mass is 35.5. The number of carbonyl (C=O) groups is 1. The summed E-state index contributed by atoms with van der Waals surface area (Å²) in [6.45, 7) is 2.33. The van der Waals surface area contributed by atoms with E-state index in [9.17, 15) is 4.79 Å². The van der Waals surface area contributed by atoms with Gasteiger partial charge in [-0.15, -0.1) is 0 Å². The Kier molecular flexibility index (Phi) is 5.04. The average molecular weight is 312 g/mol. The minimum absolute atomic E-state index is 0.0545. The number of aromatic nitrogens is 2. The molecule has 0 spiro atoms. The SMILES string of the molecule is C[C@@H](C(=O)NCCc1cccc(Cl)c1Cl)n1ccnc1. The minimum Gasteiger partial charge on any atom is -0.354 e. The van der Waals surface area contributed by atoms with Crippen molar-refractivity contribution < 1.29 is 4.79 Å². The van der Waals surface area contributed by atoms with Gasteiger partial charge in [-0.25, -0.2) is 4.98 Å². The van der Waals surface area contributed by atoms with Crippen LogP contribution in [0.15, 0.2) is 36.9 Å². The van der Waals surface area contributed by atoms with E-state index in [1.807, 2.05) is 19.1 Å². The molecule has 1 heterocycles. The second-order valence-corrected chi connectivity index (χ2v) is 5.23. The van der Waals surface area contributed by atoms with E-state index in [1.165, 1.54) is 0 Å². The number of carbonyl (C=O) groups excluding carboxylic acids is 1. The van der Waals surface area contributed by atoms with Gasteiger partial charge >= 0.3 is 0 Å². The number of imidazole rings is 1. The molecule has 20 heavy (non-hydrogen) atoms. The van der Waals surface area contributed by atoms with E-state index < -0.39 is 0 Å². The summed E-state index contributed by atoms with van der Waals surface area (Å²) >= 11 is 12.0. The molecule has 2 aromatic rings. The zero-order valence-corrected chi connectivity index (χ0v) is 12.5. The van der Waals surface area contributed by atoms with Gasteiger partial charge in [-0.3, -0.25) is 4.79 Å². The molecule has 6 heteroatoms. The van der Waals surface area contributed by atoms with Crippen LogP contribution in [0, 0.1) is 0 Å². The molecule has 106 valence electrons. The van der Waals surface area contributed by atoms with Crippen LogP contribution in [0.5, 0.6) is 0 Å². The highest BCUT2D eigenvalue weighted by Crippen LogP contribution is 2.25. The van der Waals surface area contributed by atoms with Gasteiger partial charge in [0.1, 0.15) is 6.04 Å². The van der Waals surface area contributed by atoms with Crippen molar-refractivity contribution in [1.82, 2.24) is 14.9 Å². The summed E-state index contributed by atoms with van der Waals surface area (Å²) in [5.74, 6) is -0.0545. The van der Waals surface area contributed by atoms with E-state index in [0.717, 1.165) is 5.56 Å². The molecular formula is C14H15Cl2N3O. The summed E-state index contributed by atoms with van der Waals surface area (Å²) in [6.07, 6.45) is 5.67. The van der Waals surface area contributed by atoms with E-state index in [-0.39, 0.29) is 11.9 Å². The highest BCUT2D eigenvalue weighted by Gasteiger charge is 2.13. The summed E-state index contributed by atoms with van der Waals surface area (Å²) in [7, 11) is 0. The van der Waals surface area contributed by atoms with Crippen molar-refractivity contribution >= 4 is 29.1 Å². The molecule has 0 aliphatic rings. The Balaban J connectivity index is 1.87. The van der Waals surface area contributed by atoms with E-state index in [2.05, 4.69) is 10.3 Å². The molecule has 1 aromatic carbocycles. The highest BCUT2D eigenvalue weighted by molar-refractivity contribution is 6.42. The molecule has 1 aromatic heterocycles. The van der Waals surface area contributed by atoms with Crippen LogP contribution in [0.3, 0.4) is 0 Å². The van der Waals surface area contributed by atoms with Crippen molar-refractivity contribution in [2.45, 2.75) is 19.4 Å². The first-order valence-corrected chi connectivity index (χ1v) is 7.03. The Morgan fingerprint density at radius 1 is 1.45 bits per heavy atom. The lowest BCUT2D eigenvalue weighted by Crippen LogP contribution is -2.32. The molecule has 1 N–H and O–H groups in total. The zero-order valence-electron chi connectivity index (χ0n) is 11.0. The van der Waals surface area contributed by atoms with Crippen LogP contribution in [0.4, 0.5) is 0 Å². The molecule has 0 aliphatic heterocycles. The van der Waals surface area contributed by atoms with Crippen LogP contribution in [0.25, 0.3) is 0 Å². The predicted octanol–water partition coefficient (Wildman–Crippen LogP) is 3.11.